The number of benzene rings is 11. The summed E-state index contributed by atoms with van der Waals surface area (Å²) >= 11 is 0. The molecule has 0 amide bonds. The van der Waals surface area contributed by atoms with Crippen LogP contribution >= 0.6 is 0 Å². The number of fused-ring (bicyclic) bond motifs is 16. The van der Waals surface area contributed by atoms with Gasteiger partial charge in [0.25, 0.3) is 0 Å². The molecule has 1 heterocycles. The van der Waals surface area contributed by atoms with E-state index in [-0.39, 0.29) is 5.41 Å². The highest BCUT2D eigenvalue weighted by atomic mass is 28.3. The van der Waals surface area contributed by atoms with Gasteiger partial charge in [-0.25, -0.2) is 0 Å². The standard InChI is InChI=1S/C70H49NSi/c1-69(2)61-31-15-9-25-53(61)57-39-37-48(44-65(57)69)71(49-38-40-58-56-28-12-18-34-64(56)70(66(58)45-49)62-32-16-10-26-54(62)55-27-11-17-33-63(55)70)50-41-47(46-21-5-3-6-22-46)42-52(43-50)72(51-23-7-4-8-24-51)67-35-19-13-29-59(67)60-30-14-20-36-68(60)72/h3-45H,1-2H3. The van der Waals surface area contributed by atoms with Crippen LogP contribution in [0.2, 0.25) is 0 Å². The van der Waals surface area contributed by atoms with Crippen molar-refractivity contribution in [1.82, 2.24) is 0 Å². The van der Waals surface area contributed by atoms with Gasteiger partial charge in [0.2, 0.25) is 0 Å². The summed E-state index contributed by atoms with van der Waals surface area (Å²) in [6.45, 7) is 4.80. The minimum absolute atomic E-state index is 0.187. The molecule has 0 atom stereocenters. The van der Waals surface area contributed by atoms with Crippen molar-refractivity contribution in [3.05, 3.63) is 294 Å². The van der Waals surface area contributed by atoms with Gasteiger partial charge in [0.1, 0.15) is 0 Å². The zero-order valence-electron chi connectivity index (χ0n) is 40.3. The van der Waals surface area contributed by atoms with E-state index in [4.69, 9.17) is 0 Å². The SMILES string of the molecule is CC1(C)c2ccccc2-c2ccc(N(c3cc(-c4ccccc4)cc([Si]4(c5ccccc5)c5ccccc5-c5ccccc54)c3)c3ccc4c(c3)C3(c5ccccc5-c5ccccc53)c3ccccc3-4)cc21. The van der Waals surface area contributed by atoms with Gasteiger partial charge in [-0.3, -0.25) is 0 Å². The first-order valence-corrected chi connectivity index (χ1v) is 27.4. The summed E-state index contributed by atoms with van der Waals surface area (Å²) in [4.78, 5) is 2.60. The number of rotatable bonds is 6. The van der Waals surface area contributed by atoms with Gasteiger partial charge in [-0.05, 0) is 146 Å². The lowest BCUT2D eigenvalue weighted by atomic mass is 9.70. The summed E-state index contributed by atoms with van der Waals surface area (Å²) in [6.07, 6.45) is 0. The molecule has 0 radical (unpaired) electrons. The molecular weight excluding hydrogens is 883 g/mol. The molecular formula is C70H49NSi. The zero-order chi connectivity index (χ0) is 47.8. The van der Waals surface area contributed by atoms with E-state index in [0.29, 0.717) is 0 Å². The Morgan fingerprint density at radius 1 is 0.278 bits per heavy atom. The lowest BCUT2D eigenvalue weighted by molar-refractivity contribution is 0.660. The van der Waals surface area contributed by atoms with Crippen molar-refractivity contribution in [2.45, 2.75) is 24.7 Å². The molecule has 3 aliphatic carbocycles. The van der Waals surface area contributed by atoms with E-state index >= 15 is 0 Å². The van der Waals surface area contributed by atoms with E-state index in [0.717, 1.165) is 17.1 Å². The van der Waals surface area contributed by atoms with Crippen molar-refractivity contribution in [3.63, 3.8) is 0 Å². The van der Waals surface area contributed by atoms with Crippen LogP contribution in [0.25, 0.3) is 55.6 Å². The minimum atomic E-state index is -2.94. The summed E-state index contributed by atoms with van der Waals surface area (Å²) in [5, 5.41) is 5.63. The highest BCUT2D eigenvalue weighted by Gasteiger charge is 2.52. The van der Waals surface area contributed by atoms with Crippen molar-refractivity contribution in [3.8, 4) is 55.6 Å². The Morgan fingerprint density at radius 2 is 0.694 bits per heavy atom. The maximum absolute atomic E-state index is 2.94. The Hall–Kier alpha value is -8.56. The molecule has 1 aliphatic heterocycles. The first kappa shape index (κ1) is 41.2. The van der Waals surface area contributed by atoms with E-state index in [1.807, 2.05) is 0 Å². The largest absolute Gasteiger partial charge is 0.310 e. The normalized spacial score (nSPS) is 14.9. The molecule has 0 bridgehead atoms. The van der Waals surface area contributed by atoms with Crippen LogP contribution in [0.1, 0.15) is 47.2 Å². The zero-order valence-corrected chi connectivity index (χ0v) is 41.3. The van der Waals surface area contributed by atoms with Gasteiger partial charge >= 0.3 is 0 Å². The second kappa shape index (κ2) is 15.2. The van der Waals surface area contributed by atoms with Crippen molar-refractivity contribution in [2.24, 2.45) is 0 Å². The number of hydrogen-bond donors (Lipinski definition) is 0. The average Bonchev–Trinajstić information content (AvgIpc) is 4.11. The lowest BCUT2D eigenvalue weighted by Crippen LogP contribution is -2.72. The molecule has 1 spiro atoms. The molecule has 0 N–H and O–H groups in total. The second-order valence-electron chi connectivity index (χ2n) is 20.7. The monoisotopic (exact) mass is 931 g/mol. The van der Waals surface area contributed by atoms with Crippen LogP contribution in [0.15, 0.2) is 261 Å². The molecule has 0 unspecified atom stereocenters. The molecule has 0 fully saturated rings. The van der Waals surface area contributed by atoms with E-state index in [1.54, 1.807) is 0 Å². The van der Waals surface area contributed by atoms with Gasteiger partial charge in [-0.1, -0.05) is 238 Å². The third-order valence-electron chi connectivity index (χ3n) is 16.9. The van der Waals surface area contributed by atoms with E-state index < -0.39 is 13.5 Å². The van der Waals surface area contributed by atoms with Gasteiger partial charge in [-0.15, -0.1) is 0 Å². The van der Waals surface area contributed by atoms with Crippen LogP contribution in [0.4, 0.5) is 17.1 Å². The predicted octanol–water partition coefficient (Wildman–Crippen LogP) is 14.8. The Balaban J connectivity index is 1.05. The van der Waals surface area contributed by atoms with Crippen LogP contribution in [0, 0.1) is 0 Å². The van der Waals surface area contributed by atoms with Crippen molar-refractivity contribution >= 4 is 45.9 Å². The topological polar surface area (TPSA) is 3.24 Å². The Morgan fingerprint density at radius 3 is 1.25 bits per heavy atom. The molecule has 0 saturated carbocycles. The smallest absolute Gasteiger partial charge is 0.180 e. The highest BCUT2D eigenvalue weighted by Crippen LogP contribution is 2.63. The molecule has 72 heavy (non-hydrogen) atoms. The number of nitrogens with zero attached hydrogens (tertiary/aromatic N) is 1. The molecule has 4 aliphatic rings. The second-order valence-corrected chi connectivity index (χ2v) is 24.4. The Kier molecular flexibility index (Phi) is 8.72. The fraction of sp³-hybridized carbons (Fsp3) is 0.0571. The predicted molar refractivity (Wildman–Crippen MR) is 303 cm³/mol. The quantitative estimate of drug-likeness (QED) is 0.150. The van der Waals surface area contributed by atoms with E-state index in [9.17, 15) is 0 Å². The van der Waals surface area contributed by atoms with Crippen molar-refractivity contribution < 1.29 is 0 Å². The summed E-state index contributed by atoms with van der Waals surface area (Å²) < 4.78 is 0. The molecule has 1 nitrogen and oxygen atoms in total. The molecule has 0 aromatic heterocycles. The molecule has 338 valence electrons. The van der Waals surface area contributed by atoms with Gasteiger partial charge < -0.3 is 4.90 Å². The fourth-order valence-corrected chi connectivity index (χ4v) is 19.2. The highest BCUT2D eigenvalue weighted by molar-refractivity contribution is 7.22. The summed E-state index contributed by atoms with van der Waals surface area (Å²) in [5.41, 5.74) is 23.8. The fourth-order valence-electron chi connectivity index (χ4n) is 14.0. The van der Waals surface area contributed by atoms with Gasteiger partial charge in [0.15, 0.2) is 8.07 Å². The maximum atomic E-state index is 2.60. The molecule has 2 heteroatoms. The lowest BCUT2D eigenvalue weighted by Gasteiger charge is -2.35. The Bertz CT molecular complexity index is 3920. The van der Waals surface area contributed by atoms with Gasteiger partial charge in [-0.2, -0.15) is 0 Å². The van der Waals surface area contributed by atoms with Crippen molar-refractivity contribution in [2.75, 3.05) is 4.90 Å². The summed E-state index contributed by atoms with van der Waals surface area (Å²) in [7, 11) is -2.94. The molecule has 0 saturated heterocycles. The third kappa shape index (κ3) is 5.42. The molecule has 11 aromatic rings. The Labute approximate surface area is 423 Å². The summed E-state index contributed by atoms with van der Waals surface area (Å²) in [5.74, 6) is 0. The third-order valence-corrected chi connectivity index (χ3v) is 21.8. The first-order chi connectivity index (χ1) is 35.5. The average molecular weight is 932 g/mol. The maximum Gasteiger partial charge on any atom is 0.180 e. The van der Waals surface area contributed by atoms with Crippen molar-refractivity contribution in [1.29, 1.82) is 0 Å². The van der Waals surface area contributed by atoms with Crippen LogP contribution < -0.4 is 25.6 Å². The van der Waals surface area contributed by atoms with Crippen LogP contribution in [-0.4, -0.2) is 8.07 Å². The summed E-state index contributed by atoms with van der Waals surface area (Å²) in [6, 6.07) is 99.7. The number of anilines is 3. The first-order valence-electron chi connectivity index (χ1n) is 25.4. The molecule has 15 rings (SSSR count). The van der Waals surface area contributed by atoms with E-state index in [1.165, 1.54) is 110 Å². The van der Waals surface area contributed by atoms with E-state index in [2.05, 4.69) is 280 Å². The minimum Gasteiger partial charge on any atom is -0.310 e. The van der Waals surface area contributed by atoms with Gasteiger partial charge in [0, 0.05) is 22.5 Å². The van der Waals surface area contributed by atoms with Crippen LogP contribution in [-0.2, 0) is 10.8 Å². The van der Waals surface area contributed by atoms with Crippen LogP contribution in [0.5, 0.6) is 0 Å². The molecule has 11 aromatic carbocycles. The van der Waals surface area contributed by atoms with Gasteiger partial charge in [0.05, 0.1) is 5.41 Å². The number of hydrogen-bond acceptors (Lipinski definition) is 1. The van der Waals surface area contributed by atoms with Crippen LogP contribution in [0.3, 0.4) is 0 Å².